The molecular weight excluding hydrogens is 412 g/mol. The summed E-state index contributed by atoms with van der Waals surface area (Å²) >= 11 is 0. The first kappa shape index (κ1) is 20.8. The second-order valence-corrected chi connectivity index (χ2v) is 9.51. The third-order valence-electron chi connectivity index (χ3n) is 7.53. The van der Waals surface area contributed by atoms with Crippen LogP contribution < -0.4 is 0 Å². The van der Waals surface area contributed by atoms with E-state index in [0.717, 1.165) is 35.0 Å². The van der Waals surface area contributed by atoms with E-state index in [1.807, 2.05) is 19.2 Å². The highest BCUT2D eigenvalue weighted by Gasteiger charge is 2.39. The Bertz CT molecular complexity index is 1480. The minimum Gasteiger partial charge on any atom is -0.262 e. The summed E-state index contributed by atoms with van der Waals surface area (Å²) in [6.07, 6.45) is 26.7. The molecule has 2 heteroatoms. The molecule has 1 aromatic carbocycles. The van der Waals surface area contributed by atoms with E-state index in [0.29, 0.717) is 11.8 Å². The predicted octanol–water partition coefficient (Wildman–Crippen LogP) is 7.95. The first-order valence-electron chi connectivity index (χ1n) is 12.1. The summed E-state index contributed by atoms with van der Waals surface area (Å²) < 4.78 is 0. The van der Waals surface area contributed by atoms with Crippen LogP contribution >= 0.6 is 0 Å². The van der Waals surface area contributed by atoms with Gasteiger partial charge in [0.1, 0.15) is 0 Å². The fourth-order valence-corrected chi connectivity index (χ4v) is 5.95. The number of allylic oxidation sites excluding steroid dienone is 15. The Morgan fingerprint density at radius 1 is 1.09 bits per heavy atom. The summed E-state index contributed by atoms with van der Waals surface area (Å²) in [6, 6.07) is 6.50. The van der Waals surface area contributed by atoms with Gasteiger partial charge >= 0.3 is 0 Å². The van der Waals surface area contributed by atoms with Crippen LogP contribution in [-0.4, -0.2) is 11.7 Å². The molecule has 0 bridgehead atoms. The molecule has 2 atom stereocenters. The van der Waals surface area contributed by atoms with E-state index in [-0.39, 0.29) is 0 Å². The van der Waals surface area contributed by atoms with Crippen molar-refractivity contribution in [1.29, 1.82) is 0 Å². The van der Waals surface area contributed by atoms with Crippen molar-refractivity contribution in [2.75, 3.05) is 0 Å². The lowest BCUT2D eigenvalue weighted by atomic mass is 9.63. The number of benzene rings is 1. The van der Waals surface area contributed by atoms with Crippen molar-refractivity contribution in [3.05, 3.63) is 124 Å². The van der Waals surface area contributed by atoms with Gasteiger partial charge in [-0.1, -0.05) is 78.5 Å². The lowest BCUT2D eigenvalue weighted by Gasteiger charge is -2.40. The number of nitrogens with zero attached hydrogens (tertiary/aromatic N) is 2. The normalized spacial score (nSPS) is 22.8. The van der Waals surface area contributed by atoms with Crippen LogP contribution in [0, 0.1) is 11.8 Å². The van der Waals surface area contributed by atoms with Crippen molar-refractivity contribution in [1.82, 2.24) is 4.98 Å². The molecule has 4 aliphatic rings. The van der Waals surface area contributed by atoms with Gasteiger partial charge in [0.2, 0.25) is 0 Å². The summed E-state index contributed by atoms with van der Waals surface area (Å²) in [7, 11) is 0. The standard InChI is InChI=1S/C32H28N2/c1-4-6-24-10-12-26-18-21(19-34-32(26)31(24)33-3)17-25-11-9-23-13-15-27-20(2)7-5-8-22-14-16-28(25)30(23)29(22)27/h4-7,9-16,18-19,29-30H,3,8,17H2,1-2H3/b6-4-. The molecule has 0 N–H and O–H groups in total. The largest absolute Gasteiger partial charge is 0.262 e. The molecule has 0 amide bonds. The molecule has 0 radical (unpaired) electrons. The highest BCUT2D eigenvalue weighted by atomic mass is 14.8. The number of pyridine rings is 1. The number of hydrogen-bond donors (Lipinski definition) is 0. The third-order valence-corrected chi connectivity index (χ3v) is 7.53. The molecule has 0 saturated heterocycles. The molecule has 6 rings (SSSR count). The fourth-order valence-electron chi connectivity index (χ4n) is 5.95. The molecule has 0 fully saturated rings. The Labute approximate surface area is 201 Å². The number of hydrogen-bond acceptors (Lipinski definition) is 2. The molecule has 1 heterocycles. The average Bonchev–Trinajstić information content (AvgIpc) is 3.02. The molecular formula is C32H28N2. The van der Waals surface area contributed by atoms with Gasteiger partial charge < -0.3 is 0 Å². The maximum absolute atomic E-state index is 4.82. The molecule has 0 aliphatic heterocycles. The van der Waals surface area contributed by atoms with Gasteiger partial charge in [-0.3, -0.25) is 9.98 Å². The monoisotopic (exact) mass is 440 g/mol. The summed E-state index contributed by atoms with van der Waals surface area (Å²) in [4.78, 5) is 9.10. The maximum Gasteiger partial charge on any atom is 0.0964 e. The van der Waals surface area contributed by atoms with Crippen LogP contribution in [0.5, 0.6) is 0 Å². The molecule has 4 aliphatic carbocycles. The minimum absolute atomic E-state index is 0.420. The van der Waals surface area contributed by atoms with Crippen LogP contribution in [0.25, 0.3) is 17.0 Å². The van der Waals surface area contributed by atoms with Crippen molar-refractivity contribution in [3.63, 3.8) is 0 Å². The topological polar surface area (TPSA) is 25.2 Å². The Morgan fingerprint density at radius 2 is 2.00 bits per heavy atom. The van der Waals surface area contributed by atoms with Gasteiger partial charge in [0.15, 0.2) is 0 Å². The van der Waals surface area contributed by atoms with Crippen molar-refractivity contribution < 1.29 is 0 Å². The highest BCUT2D eigenvalue weighted by Crippen LogP contribution is 2.51. The van der Waals surface area contributed by atoms with E-state index in [4.69, 9.17) is 4.98 Å². The molecule has 166 valence electrons. The van der Waals surface area contributed by atoms with Crippen LogP contribution in [0.1, 0.15) is 31.4 Å². The number of fused-ring (bicyclic) bond motifs is 1. The van der Waals surface area contributed by atoms with E-state index < -0.39 is 0 Å². The zero-order valence-electron chi connectivity index (χ0n) is 19.8. The Balaban J connectivity index is 1.39. The Morgan fingerprint density at radius 3 is 2.85 bits per heavy atom. The minimum atomic E-state index is 0.420. The summed E-state index contributed by atoms with van der Waals surface area (Å²) in [5.41, 5.74) is 12.7. The van der Waals surface area contributed by atoms with Crippen molar-refractivity contribution in [2.45, 2.75) is 26.7 Å². The number of aliphatic imine (C=N–C) groups is 1. The molecule has 0 spiro atoms. The van der Waals surface area contributed by atoms with E-state index in [9.17, 15) is 0 Å². The third kappa shape index (κ3) is 3.25. The van der Waals surface area contributed by atoms with Gasteiger partial charge in [0.05, 0.1) is 11.2 Å². The second-order valence-electron chi connectivity index (χ2n) is 9.51. The van der Waals surface area contributed by atoms with Crippen molar-refractivity contribution >= 4 is 29.4 Å². The zero-order chi connectivity index (χ0) is 23.2. The van der Waals surface area contributed by atoms with Crippen molar-refractivity contribution in [3.8, 4) is 0 Å². The van der Waals surface area contributed by atoms with Gasteiger partial charge in [0.25, 0.3) is 0 Å². The molecule has 34 heavy (non-hydrogen) atoms. The summed E-state index contributed by atoms with van der Waals surface area (Å²) in [5.74, 6) is 0.874. The maximum atomic E-state index is 4.82. The quantitative estimate of drug-likeness (QED) is 0.443. The van der Waals surface area contributed by atoms with Gasteiger partial charge in [-0.25, -0.2) is 0 Å². The van der Waals surface area contributed by atoms with Gasteiger partial charge in [0, 0.05) is 29.0 Å². The first-order chi connectivity index (χ1) is 16.7. The molecule has 2 aromatic rings. The molecule has 1 aromatic heterocycles. The Kier molecular flexibility index (Phi) is 5.03. The van der Waals surface area contributed by atoms with Crippen LogP contribution in [0.3, 0.4) is 0 Å². The molecule has 0 saturated carbocycles. The summed E-state index contributed by atoms with van der Waals surface area (Å²) in [6.45, 7) is 8.04. The fraction of sp³-hybridized carbons (Fsp3) is 0.188. The lowest BCUT2D eigenvalue weighted by Crippen LogP contribution is -2.29. The highest BCUT2D eigenvalue weighted by molar-refractivity contribution is 5.94. The summed E-state index contributed by atoms with van der Waals surface area (Å²) in [5, 5.41) is 1.11. The van der Waals surface area contributed by atoms with Crippen LogP contribution in [0.2, 0.25) is 0 Å². The van der Waals surface area contributed by atoms with Gasteiger partial charge in [-0.05, 0) is 72.9 Å². The SMILES string of the molecule is C=Nc1c(/C=C\C)ccc2cc(CC3=CC=C4C=CC5=C(C)C=CCC6=CC=C3C4C65)cnc12. The van der Waals surface area contributed by atoms with E-state index in [1.54, 1.807) is 0 Å². The average molecular weight is 441 g/mol. The van der Waals surface area contributed by atoms with Crippen molar-refractivity contribution in [2.24, 2.45) is 16.8 Å². The molecule has 2 nitrogen and oxygen atoms in total. The van der Waals surface area contributed by atoms with E-state index >= 15 is 0 Å². The molecule has 2 unspecified atom stereocenters. The smallest absolute Gasteiger partial charge is 0.0964 e. The number of rotatable bonds is 4. The second kappa shape index (κ2) is 8.22. The van der Waals surface area contributed by atoms with Crippen LogP contribution in [0.15, 0.2) is 118 Å². The van der Waals surface area contributed by atoms with Crippen LogP contribution in [0.4, 0.5) is 5.69 Å². The predicted molar refractivity (Wildman–Crippen MR) is 144 cm³/mol. The van der Waals surface area contributed by atoms with Gasteiger partial charge in [-0.2, -0.15) is 0 Å². The zero-order valence-corrected chi connectivity index (χ0v) is 19.8. The van der Waals surface area contributed by atoms with Gasteiger partial charge in [-0.15, -0.1) is 0 Å². The first-order valence-corrected chi connectivity index (χ1v) is 12.1. The van der Waals surface area contributed by atoms with E-state index in [1.165, 1.54) is 39.0 Å². The van der Waals surface area contributed by atoms with Crippen LogP contribution in [-0.2, 0) is 6.42 Å². The lowest BCUT2D eigenvalue weighted by molar-refractivity contribution is 0.540. The number of aromatic nitrogens is 1. The Hall–Kier alpha value is -3.78. The van der Waals surface area contributed by atoms with E-state index in [2.05, 4.69) is 91.5 Å².